The fourth-order valence-electron chi connectivity index (χ4n) is 2.12. The molecule has 4 heteroatoms. The molecule has 2 rings (SSSR count). The van der Waals surface area contributed by atoms with Gasteiger partial charge in [-0.15, -0.1) is 0 Å². The molecule has 0 bridgehead atoms. The molecule has 106 valence electrons. The standard InChI is InChI=1S/C15H25N3S/c1-12-11-18(8-9-19-12)14-7-5-6-13(17-14)10-16-15(2,3)4/h5-7,12,16H,8-11H2,1-4H3. The van der Waals surface area contributed by atoms with Crippen molar-refractivity contribution < 1.29 is 0 Å². The number of pyridine rings is 1. The van der Waals surface area contributed by atoms with Crippen LogP contribution in [0.4, 0.5) is 5.82 Å². The third kappa shape index (κ3) is 4.69. The largest absolute Gasteiger partial charge is 0.355 e. The van der Waals surface area contributed by atoms with Gasteiger partial charge in [0.05, 0.1) is 5.69 Å². The molecule has 1 aromatic rings. The highest BCUT2D eigenvalue weighted by atomic mass is 32.2. The van der Waals surface area contributed by atoms with Crippen molar-refractivity contribution in [1.29, 1.82) is 0 Å². The summed E-state index contributed by atoms with van der Waals surface area (Å²) in [5.41, 5.74) is 1.26. The molecule has 0 aliphatic carbocycles. The molecule has 3 nitrogen and oxygen atoms in total. The summed E-state index contributed by atoms with van der Waals surface area (Å²) in [5.74, 6) is 2.33. The number of thioether (sulfide) groups is 1. The second kappa shape index (κ2) is 6.14. The smallest absolute Gasteiger partial charge is 0.128 e. The first-order valence-corrected chi connectivity index (χ1v) is 8.06. The van der Waals surface area contributed by atoms with E-state index in [-0.39, 0.29) is 5.54 Å². The van der Waals surface area contributed by atoms with E-state index in [2.05, 4.69) is 67.9 Å². The van der Waals surface area contributed by atoms with E-state index in [0.29, 0.717) is 5.25 Å². The molecule has 0 aromatic carbocycles. The molecule has 0 amide bonds. The summed E-state index contributed by atoms with van der Waals surface area (Å²) in [6.07, 6.45) is 0. The minimum absolute atomic E-state index is 0.133. The molecule has 1 unspecified atom stereocenters. The number of nitrogens with zero attached hydrogens (tertiary/aromatic N) is 2. The van der Waals surface area contributed by atoms with Gasteiger partial charge in [0.25, 0.3) is 0 Å². The Kier molecular flexibility index (Phi) is 4.74. The lowest BCUT2D eigenvalue weighted by Crippen LogP contribution is -2.38. The maximum atomic E-state index is 4.79. The molecular formula is C15H25N3S. The van der Waals surface area contributed by atoms with Crippen LogP contribution < -0.4 is 10.2 Å². The molecule has 0 saturated carbocycles. The second-order valence-electron chi connectivity index (χ2n) is 6.22. The van der Waals surface area contributed by atoms with Gasteiger partial charge in [0.1, 0.15) is 5.82 Å². The van der Waals surface area contributed by atoms with Crippen LogP contribution in [0.3, 0.4) is 0 Å². The zero-order valence-electron chi connectivity index (χ0n) is 12.4. The Morgan fingerprint density at radius 2 is 2.21 bits per heavy atom. The van der Waals surface area contributed by atoms with E-state index in [1.54, 1.807) is 0 Å². The van der Waals surface area contributed by atoms with Gasteiger partial charge >= 0.3 is 0 Å². The predicted octanol–water partition coefficient (Wildman–Crippen LogP) is 2.91. The van der Waals surface area contributed by atoms with Crippen LogP contribution in [-0.4, -0.2) is 34.6 Å². The van der Waals surface area contributed by atoms with Gasteiger partial charge in [-0.1, -0.05) is 13.0 Å². The molecule has 2 heterocycles. The van der Waals surface area contributed by atoms with Crippen molar-refractivity contribution in [3.63, 3.8) is 0 Å². The van der Waals surface area contributed by atoms with E-state index in [4.69, 9.17) is 4.98 Å². The summed E-state index contributed by atoms with van der Waals surface area (Å²) in [6.45, 7) is 11.9. The van der Waals surface area contributed by atoms with Crippen molar-refractivity contribution in [3.8, 4) is 0 Å². The molecule has 1 fully saturated rings. The van der Waals surface area contributed by atoms with Gasteiger partial charge in [0, 0.05) is 36.2 Å². The van der Waals surface area contributed by atoms with Crippen LogP contribution in [0.5, 0.6) is 0 Å². The summed E-state index contributed by atoms with van der Waals surface area (Å²) < 4.78 is 0. The fourth-order valence-corrected chi connectivity index (χ4v) is 3.14. The van der Waals surface area contributed by atoms with Crippen molar-refractivity contribution >= 4 is 17.6 Å². The van der Waals surface area contributed by atoms with E-state index in [0.717, 1.165) is 31.1 Å². The SMILES string of the molecule is CC1CN(c2cccc(CNC(C)(C)C)n2)CCS1. The van der Waals surface area contributed by atoms with Gasteiger partial charge in [-0.3, -0.25) is 0 Å². The Balaban J connectivity index is 2.02. The van der Waals surface area contributed by atoms with Crippen LogP contribution in [0.2, 0.25) is 0 Å². The Bertz CT molecular complexity index is 414. The molecule has 1 aromatic heterocycles. The van der Waals surface area contributed by atoms with Gasteiger partial charge in [0.2, 0.25) is 0 Å². The van der Waals surface area contributed by atoms with Gasteiger partial charge in [0.15, 0.2) is 0 Å². The zero-order chi connectivity index (χ0) is 13.9. The van der Waals surface area contributed by atoms with Crippen molar-refractivity contribution in [3.05, 3.63) is 23.9 Å². The number of nitrogens with one attached hydrogen (secondary N) is 1. The zero-order valence-corrected chi connectivity index (χ0v) is 13.3. The molecule has 1 aliphatic rings. The minimum atomic E-state index is 0.133. The molecular weight excluding hydrogens is 254 g/mol. The van der Waals surface area contributed by atoms with Crippen molar-refractivity contribution in [2.45, 2.75) is 45.0 Å². The third-order valence-corrected chi connectivity index (χ3v) is 4.29. The van der Waals surface area contributed by atoms with Crippen LogP contribution in [0.1, 0.15) is 33.4 Å². The Morgan fingerprint density at radius 1 is 1.42 bits per heavy atom. The lowest BCUT2D eigenvalue weighted by Gasteiger charge is -2.31. The highest BCUT2D eigenvalue weighted by Gasteiger charge is 2.18. The molecule has 0 radical (unpaired) electrons. The normalized spacial score (nSPS) is 20.6. The van der Waals surface area contributed by atoms with E-state index >= 15 is 0 Å². The first kappa shape index (κ1) is 14.7. The minimum Gasteiger partial charge on any atom is -0.355 e. The number of hydrogen-bond donors (Lipinski definition) is 1. The van der Waals surface area contributed by atoms with Crippen molar-refractivity contribution in [1.82, 2.24) is 10.3 Å². The predicted molar refractivity (Wildman–Crippen MR) is 85.0 cm³/mol. The van der Waals surface area contributed by atoms with Crippen LogP contribution >= 0.6 is 11.8 Å². The second-order valence-corrected chi connectivity index (χ2v) is 7.76. The van der Waals surface area contributed by atoms with Crippen molar-refractivity contribution in [2.24, 2.45) is 0 Å². The summed E-state index contributed by atoms with van der Waals surface area (Å²) in [4.78, 5) is 7.19. The van der Waals surface area contributed by atoms with E-state index < -0.39 is 0 Å². The Morgan fingerprint density at radius 3 is 2.89 bits per heavy atom. The maximum absolute atomic E-state index is 4.79. The quantitative estimate of drug-likeness (QED) is 0.921. The topological polar surface area (TPSA) is 28.2 Å². The van der Waals surface area contributed by atoms with E-state index in [1.807, 2.05) is 0 Å². The highest BCUT2D eigenvalue weighted by Crippen LogP contribution is 2.22. The summed E-state index contributed by atoms with van der Waals surface area (Å²) in [7, 11) is 0. The molecule has 1 saturated heterocycles. The number of aromatic nitrogens is 1. The number of anilines is 1. The Hall–Kier alpha value is -0.740. The Labute approximate surface area is 121 Å². The first-order chi connectivity index (χ1) is 8.94. The van der Waals surface area contributed by atoms with Crippen LogP contribution in [0.15, 0.2) is 18.2 Å². The fraction of sp³-hybridized carbons (Fsp3) is 0.667. The average Bonchev–Trinajstić information content (AvgIpc) is 2.36. The lowest BCUT2D eigenvalue weighted by atomic mass is 10.1. The van der Waals surface area contributed by atoms with Crippen LogP contribution in [-0.2, 0) is 6.54 Å². The van der Waals surface area contributed by atoms with Crippen LogP contribution in [0.25, 0.3) is 0 Å². The number of rotatable bonds is 3. The lowest BCUT2D eigenvalue weighted by molar-refractivity contribution is 0.421. The van der Waals surface area contributed by atoms with Gasteiger partial charge < -0.3 is 10.2 Å². The van der Waals surface area contributed by atoms with Gasteiger partial charge in [-0.05, 0) is 32.9 Å². The first-order valence-electron chi connectivity index (χ1n) is 7.01. The van der Waals surface area contributed by atoms with Crippen molar-refractivity contribution in [2.75, 3.05) is 23.7 Å². The summed E-state index contributed by atoms with van der Waals surface area (Å²) in [6, 6.07) is 6.35. The van der Waals surface area contributed by atoms with Gasteiger partial charge in [-0.2, -0.15) is 11.8 Å². The highest BCUT2D eigenvalue weighted by molar-refractivity contribution is 8.00. The molecule has 19 heavy (non-hydrogen) atoms. The summed E-state index contributed by atoms with van der Waals surface area (Å²) >= 11 is 2.05. The monoisotopic (exact) mass is 279 g/mol. The van der Waals surface area contributed by atoms with Gasteiger partial charge in [-0.25, -0.2) is 4.98 Å². The average molecular weight is 279 g/mol. The summed E-state index contributed by atoms with van der Waals surface area (Å²) in [5, 5.41) is 4.19. The molecule has 0 spiro atoms. The molecule has 1 N–H and O–H groups in total. The van der Waals surface area contributed by atoms with Crippen LogP contribution in [0, 0.1) is 0 Å². The van der Waals surface area contributed by atoms with E-state index in [1.165, 1.54) is 5.75 Å². The molecule has 1 atom stereocenters. The maximum Gasteiger partial charge on any atom is 0.128 e. The number of hydrogen-bond acceptors (Lipinski definition) is 4. The van der Waals surface area contributed by atoms with E-state index in [9.17, 15) is 0 Å². The third-order valence-electron chi connectivity index (χ3n) is 3.16. The molecule has 1 aliphatic heterocycles.